The van der Waals surface area contributed by atoms with Crippen molar-refractivity contribution >= 4 is 11.6 Å². The fourth-order valence-electron chi connectivity index (χ4n) is 2.93. The average molecular weight is 337 g/mol. The number of hydrogen-bond acceptors (Lipinski definition) is 4. The minimum absolute atomic E-state index is 0.175. The van der Waals surface area contributed by atoms with Crippen molar-refractivity contribution < 1.29 is 14.3 Å². The molecule has 2 atom stereocenters. The van der Waals surface area contributed by atoms with E-state index in [0.717, 1.165) is 11.3 Å². The maximum absolute atomic E-state index is 12.4. The summed E-state index contributed by atoms with van der Waals surface area (Å²) in [5, 5.41) is 2.91. The average Bonchev–Trinajstić information content (AvgIpc) is 3.03. The number of aromatic nitrogens is 2. The Hall–Kier alpha value is -3.02. The molecule has 0 saturated heterocycles. The first-order valence-corrected chi connectivity index (χ1v) is 8.33. The number of fused-ring (bicyclic) bond motifs is 2. The van der Waals surface area contributed by atoms with Gasteiger partial charge in [-0.2, -0.15) is 0 Å². The molecular weight excluding hydrogens is 318 g/mol. The van der Waals surface area contributed by atoms with Crippen LogP contribution in [0.5, 0.6) is 11.5 Å². The molecule has 1 aliphatic heterocycles. The normalized spacial score (nSPS) is 18.9. The Balaban J connectivity index is 1.36. The van der Waals surface area contributed by atoms with Crippen LogP contribution in [0.4, 0.5) is 0 Å². The third kappa shape index (κ3) is 3.15. The highest BCUT2D eigenvalue weighted by molar-refractivity contribution is 5.82. The number of nitrogens with one attached hydrogen (secondary N) is 1. The fraction of sp³-hybridized carbons (Fsp3) is 0.263. The zero-order valence-electron chi connectivity index (χ0n) is 13.9. The molecule has 6 heteroatoms. The number of ether oxygens (including phenoxy) is 2. The van der Waals surface area contributed by atoms with Crippen molar-refractivity contribution in [2.45, 2.75) is 25.6 Å². The Morgan fingerprint density at radius 1 is 1.16 bits per heavy atom. The van der Waals surface area contributed by atoms with E-state index in [1.54, 1.807) is 6.07 Å². The number of benzene rings is 1. The molecule has 0 fully saturated rings. The number of carbonyl (C=O) groups excluding carboxylic acids is 1. The second-order valence-corrected chi connectivity index (χ2v) is 6.05. The summed E-state index contributed by atoms with van der Waals surface area (Å²) < 4.78 is 13.5. The molecule has 0 radical (unpaired) electrons. The van der Waals surface area contributed by atoms with E-state index in [2.05, 4.69) is 10.3 Å². The van der Waals surface area contributed by atoms with E-state index in [1.807, 2.05) is 60.1 Å². The summed E-state index contributed by atoms with van der Waals surface area (Å²) in [7, 11) is 0. The van der Waals surface area contributed by atoms with E-state index in [1.165, 1.54) is 0 Å². The highest BCUT2D eigenvalue weighted by atomic mass is 16.6. The van der Waals surface area contributed by atoms with Crippen LogP contribution in [-0.4, -0.2) is 34.0 Å². The molecule has 3 aromatic rings. The quantitative estimate of drug-likeness (QED) is 0.793. The van der Waals surface area contributed by atoms with E-state index >= 15 is 0 Å². The Morgan fingerprint density at radius 3 is 2.72 bits per heavy atom. The third-order valence-electron chi connectivity index (χ3n) is 4.19. The smallest absolute Gasteiger partial charge is 0.265 e. The van der Waals surface area contributed by atoms with Gasteiger partial charge in [0.15, 0.2) is 11.5 Å². The van der Waals surface area contributed by atoms with Crippen LogP contribution in [0.3, 0.4) is 0 Å². The summed E-state index contributed by atoms with van der Waals surface area (Å²) in [5.41, 5.74) is 1.84. The summed E-state index contributed by atoms with van der Waals surface area (Å²) in [6, 6.07) is 13.2. The number of para-hydroxylation sites is 2. The van der Waals surface area contributed by atoms with Crippen LogP contribution in [0.25, 0.3) is 5.65 Å². The molecule has 2 aromatic heterocycles. The van der Waals surface area contributed by atoms with Crippen molar-refractivity contribution in [3.8, 4) is 11.5 Å². The van der Waals surface area contributed by atoms with Gasteiger partial charge in [-0.3, -0.25) is 4.79 Å². The highest BCUT2D eigenvalue weighted by Gasteiger charge is 2.33. The van der Waals surface area contributed by atoms with Crippen molar-refractivity contribution in [2.24, 2.45) is 0 Å². The number of amides is 1. The molecule has 0 spiro atoms. The molecule has 25 heavy (non-hydrogen) atoms. The molecule has 0 bridgehead atoms. The van der Waals surface area contributed by atoms with Gasteiger partial charge in [0.25, 0.3) is 5.91 Å². The Kier molecular flexibility index (Phi) is 4.01. The molecule has 0 aliphatic carbocycles. The fourth-order valence-corrected chi connectivity index (χ4v) is 2.93. The first kappa shape index (κ1) is 15.5. The van der Waals surface area contributed by atoms with Crippen LogP contribution >= 0.6 is 0 Å². The Morgan fingerprint density at radius 2 is 1.92 bits per heavy atom. The van der Waals surface area contributed by atoms with Crippen molar-refractivity contribution in [1.29, 1.82) is 0 Å². The van der Waals surface area contributed by atoms with E-state index < -0.39 is 6.10 Å². The van der Waals surface area contributed by atoms with Gasteiger partial charge in [-0.15, -0.1) is 0 Å². The van der Waals surface area contributed by atoms with Crippen LogP contribution in [0.15, 0.2) is 54.9 Å². The maximum atomic E-state index is 12.4. The van der Waals surface area contributed by atoms with Crippen molar-refractivity contribution in [3.63, 3.8) is 0 Å². The van der Waals surface area contributed by atoms with Crippen LogP contribution in [0.1, 0.15) is 12.6 Å². The van der Waals surface area contributed by atoms with Gasteiger partial charge in [0.2, 0.25) is 6.10 Å². The summed E-state index contributed by atoms with van der Waals surface area (Å²) in [4.78, 5) is 17.0. The minimum atomic E-state index is -0.657. The third-order valence-corrected chi connectivity index (χ3v) is 4.19. The molecule has 128 valence electrons. The zero-order chi connectivity index (χ0) is 17.2. The van der Waals surface area contributed by atoms with Crippen LogP contribution in [0.2, 0.25) is 0 Å². The van der Waals surface area contributed by atoms with Crippen LogP contribution in [0, 0.1) is 0 Å². The molecule has 0 saturated carbocycles. The predicted octanol–water partition coefficient (Wildman–Crippen LogP) is 2.22. The zero-order valence-corrected chi connectivity index (χ0v) is 13.9. The maximum Gasteiger partial charge on any atom is 0.265 e. The first-order valence-electron chi connectivity index (χ1n) is 8.33. The van der Waals surface area contributed by atoms with E-state index in [-0.39, 0.29) is 12.0 Å². The molecule has 1 amide bonds. The minimum Gasteiger partial charge on any atom is -0.482 e. The Bertz CT molecular complexity index is 873. The number of nitrogens with zero attached hydrogens (tertiary/aromatic N) is 2. The van der Waals surface area contributed by atoms with Gasteiger partial charge in [-0.25, -0.2) is 4.98 Å². The number of hydrogen-bond donors (Lipinski definition) is 1. The van der Waals surface area contributed by atoms with Crippen LogP contribution in [-0.2, 0) is 11.2 Å². The molecule has 6 nitrogen and oxygen atoms in total. The number of rotatable bonds is 4. The summed E-state index contributed by atoms with van der Waals surface area (Å²) in [5.74, 6) is 1.09. The SMILES string of the molecule is C[C@@H]1Oc2ccccc2O[C@H]1C(=O)NCCc1cn2ccccc2n1. The second kappa shape index (κ2) is 6.47. The topological polar surface area (TPSA) is 64.9 Å². The molecule has 1 aromatic carbocycles. The van der Waals surface area contributed by atoms with Gasteiger partial charge >= 0.3 is 0 Å². The number of carbonyl (C=O) groups is 1. The van der Waals surface area contributed by atoms with Gasteiger partial charge in [0.1, 0.15) is 11.8 Å². The van der Waals surface area contributed by atoms with Gasteiger partial charge in [-0.05, 0) is 31.2 Å². The monoisotopic (exact) mass is 337 g/mol. The van der Waals surface area contributed by atoms with Gasteiger partial charge in [0, 0.05) is 25.4 Å². The standard InChI is InChI=1S/C19H19N3O3/c1-13-18(25-16-7-3-2-6-15(16)24-13)19(23)20-10-9-14-12-22-11-5-4-8-17(22)21-14/h2-8,11-13,18H,9-10H2,1H3,(H,20,23)/t13-,18+/m0/s1. The van der Waals surface area contributed by atoms with Crippen molar-refractivity contribution in [1.82, 2.24) is 14.7 Å². The summed E-state index contributed by atoms with van der Waals surface area (Å²) in [6.07, 6.45) is 3.59. The summed E-state index contributed by atoms with van der Waals surface area (Å²) >= 11 is 0. The second-order valence-electron chi connectivity index (χ2n) is 6.05. The van der Waals surface area contributed by atoms with Gasteiger partial charge in [-0.1, -0.05) is 18.2 Å². The first-order chi connectivity index (χ1) is 12.2. The van der Waals surface area contributed by atoms with E-state index in [0.29, 0.717) is 24.5 Å². The van der Waals surface area contributed by atoms with E-state index in [9.17, 15) is 4.79 Å². The lowest BCUT2D eigenvalue weighted by Gasteiger charge is -2.30. The largest absolute Gasteiger partial charge is 0.482 e. The number of imidazole rings is 1. The van der Waals surface area contributed by atoms with Crippen molar-refractivity contribution in [3.05, 3.63) is 60.6 Å². The molecule has 0 unspecified atom stereocenters. The number of pyridine rings is 1. The molecule has 4 rings (SSSR count). The van der Waals surface area contributed by atoms with Crippen molar-refractivity contribution in [2.75, 3.05) is 6.54 Å². The lowest BCUT2D eigenvalue weighted by Crippen LogP contribution is -2.49. The lowest BCUT2D eigenvalue weighted by atomic mass is 10.1. The lowest BCUT2D eigenvalue weighted by molar-refractivity contribution is -0.133. The molecule has 3 heterocycles. The van der Waals surface area contributed by atoms with E-state index in [4.69, 9.17) is 9.47 Å². The highest BCUT2D eigenvalue weighted by Crippen LogP contribution is 2.33. The van der Waals surface area contributed by atoms with Gasteiger partial charge < -0.3 is 19.2 Å². The van der Waals surface area contributed by atoms with Gasteiger partial charge in [0.05, 0.1) is 5.69 Å². The predicted molar refractivity (Wildman–Crippen MR) is 92.9 cm³/mol. The Labute approximate surface area is 145 Å². The molecular formula is C19H19N3O3. The van der Waals surface area contributed by atoms with Crippen LogP contribution < -0.4 is 14.8 Å². The molecule has 1 N–H and O–H groups in total. The molecule has 1 aliphatic rings. The summed E-state index contributed by atoms with van der Waals surface area (Å²) in [6.45, 7) is 2.33.